The molecule has 1 unspecified atom stereocenters. The number of hydrogen-bond acceptors (Lipinski definition) is 9. The van der Waals surface area contributed by atoms with Gasteiger partial charge >= 0.3 is 5.91 Å². The summed E-state index contributed by atoms with van der Waals surface area (Å²) in [5, 5.41) is 21.2. The summed E-state index contributed by atoms with van der Waals surface area (Å²) in [5.41, 5.74) is 3.03. The van der Waals surface area contributed by atoms with Gasteiger partial charge in [0.2, 0.25) is 5.13 Å². The summed E-state index contributed by atoms with van der Waals surface area (Å²) in [5.74, 6) is -0.753. The Morgan fingerprint density at radius 2 is 1.90 bits per heavy atom. The van der Waals surface area contributed by atoms with Crippen molar-refractivity contribution in [3.63, 3.8) is 0 Å². The van der Waals surface area contributed by atoms with Crippen LogP contribution in [0.4, 0.5) is 5.13 Å². The normalized spacial score (nSPS) is 16.5. The van der Waals surface area contributed by atoms with Crippen molar-refractivity contribution >= 4 is 62.9 Å². The Labute approximate surface area is 254 Å². The summed E-state index contributed by atoms with van der Waals surface area (Å²) < 4.78 is 8.04. The van der Waals surface area contributed by atoms with Gasteiger partial charge in [-0.25, -0.2) is 4.98 Å². The molecule has 1 aliphatic heterocycles. The van der Waals surface area contributed by atoms with E-state index in [1.54, 1.807) is 53.9 Å². The molecule has 1 amide bonds. The van der Waals surface area contributed by atoms with Gasteiger partial charge in [-0.05, 0) is 61.4 Å². The van der Waals surface area contributed by atoms with Crippen LogP contribution in [0.2, 0.25) is 5.02 Å². The van der Waals surface area contributed by atoms with E-state index in [4.69, 9.17) is 16.3 Å². The molecule has 6 rings (SSSR count). The molecule has 42 heavy (non-hydrogen) atoms. The Kier molecular flexibility index (Phi) is 7.72. The van der Waals surface area contributed by atoms with Crippen molar-refractivity contribution in [2.45, 2.75) is 30.0 Å². The van der Waals surface area contributed by atoms with Gasteiger partial charge in [0.15, 0.2) is 10.1 Å². The molecule has 3 aromatic heterocycles. The number of ether oxygens (including phenoxy) is 1. The van der Waals surface area contributed by atoms with Crippen LogP contribution in [0.3, 0.4) is 0 Å². The molecule has 0 bridgehead atoms. The highest BCUT2D eigenvalue weighted by Crippen LogP contribution is 2.45. The highest BCUT2D eigenvalue weighted by molar-refractivity contribution is 8.00. The fraction of sp³-hybridized carbons (Fsp3) is 0.167. The second kappa shape index (κ2) is 11.6. The second-order valence-corrected chi connectivity index (χ2v) is 12.0. The number of pyridine rings is 1. The van der Waals surface area contributed by atoms with Crippen molar-refractivity contribution in [2.24, 2.45) is 0 Å². The molecule has 1 atom stereocenters. The van der Waals surface area contributed by atoms with E-state index < -0.39 is 17.7 Å². The number of aliphatic hydroxyl groups excluding tert-OH is 1. The van der Waals surface area contributed by atoms with Crippen molar-refractivity contribution in [1.82, 2.24) is 19.6 Å². The molecule has 1 saturated heterocycles. The van der Waals surface area contributed by atoms with E-state index in [9.17, 15) is 14.7 Å². The lowest BCUT2D eigenvalue weighted by Gasteiger charge is -2.23. The molecule has 0 spiro atoms. The van der Waals surface area contributed by atoms with Crippen LogP contribution in [-0.2, 0) is 15.3 Å². The first kappa shape index (κ1) is 28.0. The average Bonchev–Trinajstić information content (AvgIpc) is 3.66. The van der Waals surface area contributed by atoms with Crippen LogP contribution in [0, 0.1) is 6.92 Å². The number of carbonyl (C=O) groups is 2. The first-order valence-corrected chi connectivity index (χ1v) is 15.2. The van der Waals surface area contributed by atoms with Crippen molar-refractivity contribution in [2.75, 3.05) is 11.5 Å². The monoisotopic (exact) mass is 617 g/mol. The predicted octanol–water partition coefficient (Wildman–Crippen LogP) is 6.46. The number of ketones is 1. The smallest absolute Gasteiger partial charge is 0.301 e. The number of rotatable bonds is 8. The van der Waals surface area contributed by atoms with Gasteiger partial charge < -0.3 is 9.84 Å². The number of aryl methyl sites for hydroxylation is 1. The molecule has 4 heterocycles. The van der Waals surface area contributed by atoms with Gasteiger partial charge in [0.05, 0.1) is 23.9 Å². The molecule has 1 aliphatic rings. The zero-order valence-electron chi connectivity index (χ0n) is 22.5. The molecule has 9 nitrogen and oxygen atoms in total. The van der Waals surface area contributed by atoms with Crippen LogP contribution >= 0.6 is 34.7 Å². The Hall–Kier alpha value is -4.19. The first-order valence-electron chi connectivity index (χ1n) is 13.0. The third kappa shape index (κ3) is 5.15. The Bertz CT molecular complexity index is 1850. The molecule has 12 heteroatoms. The number of amides is 1. The molecule has 1 fully saturated rings. The van der Waals surface area contributed by atoms with Gasteiger partial charge in [0.25, 0.3) is 5.78 Å². The van der Waals surface area contributed by atoms with Crippen LogP contribution in [0.5, 0.6) is 5.75 Å². The van der Waals surface area contributed by atoms with Crippen molar-refractivity contribution in [3.8, 4) is 5.75 Å². The number of benzene rings is 2. The molecule has 1 N–H and O–H groups in total. The van der Waals surface area contributed by atoms with Crippen LogP contribution < -0.4 is 9.64 Å². The van der Waals surface area contributed by atoms with E-state index in [0.717, 1.165) is 5.56 Å². The molecular formula is C30H24ClN5O4S2. The summed E-state index contributed by atoms with van der Waals surface area (Å²) in [4.78, 5) is 33.2. The SMILES string of the molecule is CCOc1cccc(C2C(=C(O)c3c(C)nc4ccccn34)C(=O)C(=O)N2c2nnc(SCc3ccc(Cl)cc3)s2)c1. The Balaban J connectivity index is 1.44. The number of halogens is 1. The van der Waals surface area contributed by atoms with Crippen LogP contribution in [0.15, 0.2) is 82.8 Å². The number of anilines is 1. The molecule has 0 aliphatic carbocycles. The molecule has 5 aromatic rings. The molecule has 0 saturated carbocycles. The summed E-state index contributed by atoms with van der Waals surface area (Å²) in [6, 6.07) is 19.1. The van der Waals surface area contributed by atoms with Crippen molar-refractivity contribution < 1.29 is 19.4 Å². The maximum Gasteiger partial charge on any atom is 0.301 e. The van der Waals surface area contributed by atoms with E-state index in [2.05, 4.69) is 15.2 Å². The van der Waals surface area contributed by atoms with Crippen LogP contribution in [0.25, 0.3) is 11.4 Å². The van der Waals surface area contributed by atoms with Gasteiger partial charge in [-0.15, -0.1) is 10.2 Å². The number of hydrogen-bond donors (Lipinski definition) is 1. The lowest BCUT2D eigenvalue weighted by atomic mass is 9.96. The van der Waals surface area contributed by atoms with Crippen LogP contribution in [0.1, 0.15) is 35.5 Å². The number of nitrogens with zero attached hydrogens (tertiary/aromatic N) is 5. The Morgan fingerprint density at radius 3 is 2.69 bits per heavy atom. The van der Waals surface area contributed by atoms with Gasteiger partial charge in [-0.2, -0.15) is 0 Å². The second-order valence-electron chi connectivity index (χ2n) is 9.41. The minimum absolute atomic E-state index is 0.0621. The van der Waals surface area contributed by atoms with E-state index in [1.165, 1.54) is 28.0 Å². The summed E-state index contributed by atoms with van der Waals surface area (Å²) in [6.07, 6.45) is 1.75. The standard InChI is InChI=1S/C30H24ClN5O4S2/c1-3-40-21-8-6-7-19(15-21)25-23(26(37)24-17(2)32-22-9-4-5-14-35(22)24)27(38)28(39)36(25)29-33-34-30(42-29)41-16-18-10-12-20(31)13-11-18/h4-15,25,37H,3,16H2,1-2H3. The number of imidazole rings is 1. The summed E-state index contributed by atoms with van der Waals surface area (Å²) in [7, 11) is 0. The third-order valence-corrected chi connectivity index (χ3v) is 9.11. The predicted molar refractivity (Wildman–Crippen MR) is 163 cm³/mol. The quantitative estimate of drug-likeness (QED) is 0.0694. The highest BCUT2D eigenvalue weighted by atomic mass is 35.5. The van der Waals surface area contributed by atoms with E-state index >= 15 is 0 Å². The van der Waals surface area contributed by atoms with E-state index in [1.807, 2.05) is 37.3 Å². The molecular weight excluding hydrogens is 594 g/mol. The molecule has 0 radical (unpaired) electrons. The van der Waals surface area contributed by atoms with Crippen molar-refractivity contribution in [1.29, 1.82) is 0 Å². The maximum absolute atomic E-state index is 13.7. The number of aliphatic hydroxyl groups is 1. The fourth-order valence-electron chi connectivity index (χ4n) is 4.90. The van der Waals surface area contributed by atoms with E-state index in [-0.39, 0.29) is 16.5 Å². The minimum atomic E-state index is -0.971. The van der Waals surface area contributed by atoms with Crippen molar-refractivity contribution in [3.05, 3.63) is 106 Å². The number of fused-ring (bicyclic) bond motifs is 1. The number of carbonyl (C=O) groups excluding carboxylic acids is 2. The third-order valence-electron chi connectivity index (χ3n) is 6.74. The highest BCUT2D eigenvalue weighted by Gasteiger charge is 2.49. The molecule has 2 aromatic carbocycles. The average molecular weight is 618 g/mol. The Morgan fingerprint density at radius 1 is 1.10 bits per heavy atom. The van der Waals surface area contributed by atoms with E-state index in [0.29, 0.717) is 50.1 Å². The first-order chi connectivity index (χ1) is 20.4. The maximum atomic E-state index is 13.7. The lowest BCUT2D eigenvalue weighted by Crippen LogP contribution is -2.29. The van der Waals surface area contributed by atoms with Gasteiger partial charge in [0, 0.05) is 17.0 Å². The summed E-state index contributed by atoms with van der Waals surface area (Å²) >= 11 is 8.66. The lowest BCUT2D eigenvalue weighted by molar-refractivity contribution is -0.132. The van der Waals surface area contributed by atoms with Crippen LogP contribution in [-0.4, -0.2) is 43.0 Å². The van der Waals surface area contributed by atoms with Gasteiger partial charge in [0.1, 0.15) is 17.1 Å². The minimum Gasteiger partial charge on any atom is -0.505 e. The molecule has 212 valence electrons. The fourth-order valence-corrected chi connectivity index (χ4v) is 6.85. The van der Waals surface area contributed by atoms with Gasteiger partial charge in [-0.3, -0.25) is 18.9 Å². The zero-order chi connectivity index (χ0) is 29.4. The number of Topliss-reactive ketones (excluding diaryl/α,β-unsaturated/α-hetero) is 1. The van der Waals surface area contributed by atoms with Gasteiger partial charge in [-0.1, -0.05) is 65.0 Å². The number of aromatic nitrogens is 4. The zero-order valence-corrected chi connectivity index (χ0v) is 24.9. The summed E-state index contributed by atoms with van der Waals surface area (Å²) in [6.45, 7) is 4.06. The topological polar surface area (TPSA) is 110 Å². The number of thioether (sulfide) groups is 1. The largest absolute Gasteiger partial charge is 0.505 e.